The number of nitro benzene ring substituents is 1. The number of nitrogen functional groups attached to an aromatic ring is 1. The quantitative estimate of drug-likeness (QED) is 0.514. The van der Waals surface area contributed by atoms with E-state index in [1.54, 1.807) is 37.3 Å². The lowest BCUT2D eigenvalue weighted by Gasteiger charge is -2.09. The van der Waals surface area contributed by atoms with E-state index in [1.807, 2.05) is 6.92 Å². The molecule has 3 N–H and O–H groups in total. The Hall–Kier alpha value is -2.89. The van der Waals surface area contributed by atoms with Crippen molar-refractivity contribution in [3.05, 3.63) is 63.2 Å². The molecule has 2 rings (SSSR count). The van der Waals surface area contributed by atoms with Gasteiger partial charge in [-0.05, 0) is 37.6 Å². The predicted octanol–water partition coefficient (Wildman–Crippen LogP) is 3.05. The second-order valence-corrected chi connectivity index (χ2v) is 4.82. The molecule has 0 radical (unpaired) electrons. The summed E-state index contributed by atoms with van der Waals surface area (Å²) < 4.78 is 0. The molecule has 0 aliphatic heterocycles. The Morgan fingerprint density at radius 3 is 2.43 bits per heavy atom. The van der Waals surface area contributed by atoms with Gasteiger partial charge in [-0.25, -0.2) is 0 Å². The van der Waals surface area contributed by atoms with Crippen molar-refractivity contribution < 1.29 is 9.72 Å². The van der Waals surface area contributed by atoms with Crippen molar-refractivity contribution >= 4 is 23.0 Å². The number of hydrogen-bond acceptors (Lipinski definition) is 4. The average Bonchev–Trinajstić information content (AvgIpc) is 2.41. The van der Waals surface area contributed by atoms with Gasteiger partial charge in [0.2, 0.25) is 0 Å². The Bertz CT molecular complexity index is 726. The lowest BCUT2D eigenvalue weighted by atomic mass is 10.1. The van der Waals surface area contributed by atoms with Crippen molar-refractivity contribution in [2.45, 2.75) is 13.8 Å². The van der Waals surface area contributed by atoms with E-state index in [0.29, 0.717) is 11.3 Å². The molecule has 2 aromatic carbocycles. The fourth-order valence-electron chi connectivity index (χ4n) is 1.97. The number of anilines is 2. The summed E-state index contributed by atoms with van der Waals surface area (Å²) in [5, 5.41) is 13.6. The Balaban J connectivity index is 2.38. The first-order chi connectivity index (χ1) is 9.88. The predicted molar refractivity (Wildman–Crippen MR) is 81.4 cm³/mol. The van der Waals surface area contributed by atoms with Gasteiger partial charge in [0, 0.05) is 11.8 Å². The van der Waals surface area contributed by atoms with E-state index >= 15 is 0 Å². The Morgan fingerprint density at radius 1 is 1.14 bits per heavy atom. The topological polar surface area (TPSA) is 98.3 Å². The number of rotatable bonds is 3. The maximum Gasteiger partial charge on any atom is 0.292 e. The molecule has 0 aromatic heterocycles. The van der Waals surface area contributed by atoms with Gasteiger partial charge in [0.15, 0.2) is 0 Å². The zero-order valence-electron chi connectivity index (χ0n) is 11.7. The number of nitrogens with zero attached hydrogens (tertiary/aromatic N) is 1. The molecule has 0 fully saturated rings. The molecule has 108 valence electrons. The molecule has 21 heavy (non-hydrogen) atoms. The lowest BCUT2D eigenvalue weighted by Crippen LogP contribution is -2.15. The smallest absolute Gasteiger partial charge is 0.292 e. The second kappa shape index (κ2) is 5.62. The van der Waals surface area contributed by atoms with E-state index in [2.05, 4.69) is 5.32 Å². The second-order valence-electron chi connectivity index (χ2n) is 4.82. The van der Waals surface area contributed by atoms with Crippen LogP contribution >= 0.6 is 0 Å². The van der Waals surface area contributed by atoms with Crippen molar-refractivity contribution in [2.24, 2.45) is 0 Å². The summed E-state index contributed by atoms with van der Waals surface area (Å²) in [5.74, 6) is -0.468. The van der Waals surface area contributed by atoms with E-state index in [1.165, 1.54) is 6.07 Å². The highest BCUT2D eigenvalue weighted by Gasteiger charge is 2.18. The van der Waals surface area contributed by atoms with Gasteiger partial charge in [0.25, 0.3) is 11.6 Å². The first kappa shape index (κ1) is 14.5. The number of carbonyl (C=O) groups is 1. The summed E-state index contributed by atoms with van der Waals surface area (Å²) in [5.41, 5.74) is 8.10. The molecule has 6 heteroatoms. The van der Waals surface area contributed by atoms with E-state index in [0.717, 1.165) is 11.1 Å². The van der Waals surface area contributed by atoms with Crippen LogP contribution in [0, 0.1) is 24.0 Å². The number of carbonyl (C=O) groups excluding carboxylic acids is 1. The molecular formula is C15H15N3O3. The van der Waals surface area contributed by atoms with Gasteiger partial charge in [0.1, 0.15) is 5.69 Å². The van der Waals surface area contributed by atoms with Crippen LogP contribution in [0.5, 0.6) is 0 Å². The Morgan fingerprint density at radius 2 is 1.76 bits per heavy atom. The zero-order valence-corrected chi connectivity index (χ0v) is 11.7. The fraction of sp³-hybridized carbons (Fsp3) is 0.133. The number of nitro groups is 1. The molecule has 0 spiro atoms. The van der Waals surface area contributed by atoms with Crippen LogP contribution in [-0.4, -0.2) is 10.8 Å². The normalized spacial score (nSPS) is 10.2. The van der Waals surface area contributed by atoms with Crippen molar-refractivity contribution in [3.8, 4) is 0 Å². The van der Waals surface area contributed by atoms with Crippen molar-refractivity contribution in [2.75, 3.05) is 11.1 Å². The highest BCUT2D eigenvalue weighted by atomic mass is 16.6. The maximum atomic E-state index is 12.3. The first-order valence-corrected chi connectivity index (χ1v) is 6.31. The van der Waals surface area contributed by atoms with E-state index in [4.69, 9.17) is 5.73 Å². The number of aryl methyl sites for hydroxylation is 2. The highest BCUT2D eigenvalue weighted by molar-refractivity contribution is 6.08. The minimum atomic E-state index is -0.533. The molecule has 2 aromatic rings. The maximum absolute atomic E-state index is 12.3. The molecule has 0 aliphatic rings. The van der Waals surface area contributed by atoms with Gasteiger partial charge in [-0.3, -0.25) is 14.9 Å². The SMILES string of the molecule is Cc1ccc([N+](=O)[O-])c(NC(=O)c2cc(C)ccc2N)c1. The van der Waals surface area contributed by atoms with Crippen LogP contribution in [-0.2, 0) is 0 Å². The van der Waals surface area contributed by atoms with Crippen LogP contribution in [0.3, 0.4) is 0 Å². The highest BCUT2D eigenvalue weighted by Crippen LogP contribution is 2.26. The van der Waals surface area contributed by atoms with Crippen molar-refractivity contribution in [3.63, 3.8) is 0 Å². The van der Waals surface area contributed by atoms with Gasteiger partial charge in [0.05, 0.1) is 10.5 Å². The molecule has 0 bridgehead atoms. The van der Waals surface area contributed by atoms with Crippen LogP contribution in [0.4, 0.5) is 17.1 Å². The van der Waals surface area contributed by atoms with Gasteiger partial charge in [-0.1, -0.05) is 17.7 Å². The third kappa shape index (κ3) is 3.17. The van der Waals surface area contributed by atoms with Crippen LogP contribution in [0.25, 0.3) is 0 Å². The average molecular weight is 285 g/mol. The van der Waals surface area contributed by atoms with Crippen LogP contribution in [0.2, 0.25) is 0 Å². The number of nitrogens with one attached hydrogen (secondary N) is 1. The monoisotopic (exact) mass is 285 g/mol. The lowest BCUT2D eigenvalue weighted by molar-refractivity contribution is -0.383. The number of nitrogens with two attached hydrogens (primary N) is 1. The molecule has 1 amide bonds. The summed E-state index contributed by atoms with van der Waals surface area (Å²) in [7, 11) is 0. The van der Waals surface area contributed by atoms with E-state index in [-0.39, 0.29) is 11.4 Å². The molecule has 0 aliphatic carbocycles. The standard InChI is InChI=1S/C15H15N3O3/c1-9-3-5-12(16)11(7-9)15(19)17-13-8-10(2)4-6-14(13)18(20)21/h3-8H,16H2,1-2H3,(H,17,19). The largest absolute Gasteiger partial charge is 0.398 e. The van der Waals surface area contributed by atoms with Crippen LogP contribution in [0.1, 0.15) is 21.5 Å². The van der Waals surface area contributed by atoms with Crippen molar-refractivity contribution in [1.29, 1.82) is 0 Å². The molecular weight excluding hydrogens is 270 g/mol. The minimum absolute atomic E-state index is 0.153. The summed E-state index contributed by atoms with van der Waals surface area (Å²) in [6.07, 6.45) is 0. The Kier molecular flexibility index (Phi) is 3.89. The van der Waals surface area contributed by atoms with Crippen LogP contribution < -0.4 is 11.1 Å². The third-order valence-corrected chi connectivity index (χ3v) is 3.05. The first-order valence-electron chi connectivity index (χ1n) is 6.31. The molecule has 0 unspecified atom stereocenters. The van der Waals surface area contributed by atoms with Gasteiger partial charge in [-0.2, -0.15) is 0 Å². The minimum Gasteiger partial charge on any atom is -0.398 e. The number of amides is 1. The van der Waals surface area contributed by atoms with Gasteiger partial charge < -0.3 is 11.1 Å². The van der Waals surface area contributed by atoms with E-state index < -0.39 is 10.8 Å². The molecule has 0 atom stereocenters. The summed E-state index contributed by atoms with van der Waals surface area (Å²) >= 11 is 0. The molecule has 0 heterocycles. The van der Waals surface area contributed by atoms with Gasteiger partial charge >= 0.3 is 0 Å². The number of benzene rings is 2. The summed E-state index contributed by atoms with van der Waals surface area (Å²) in [6, 6.07) is 9.61. The van der Waals surface area contributed by atoms with Gasteiger partial charge in [-0.15, -0.1) is 0 Å². The molecule has 6 nitrogen and oxygen atoms in total. The number of hydrogen-bond donors (Lipinski definition) is 2. The van der Waals surface area contributed by atoms with Crippen LogP contribution in [0.15, 0.2) is 36.4 Å². The van der Waals surface area contributed by atoms with E-state index in [9.17, 15) is 14.9 Å². The third-order valence-electron chi connectivity index (χ3n) is 3.05. The summed E-state index contributed by atoms with van der Waals surface area (Å²) in [4.78, 5) is 22.7. The molecule has 0 saturated carbocycles. The fourth-order valence-corrected chi connectivity index (χ4v) is 1.97. The molecule has 0 saturated heterocycles. The van der Waals surface area contributed by atoms with Crippen molar-refractivity contribution in [1.82, 2.24) is 0 Å². The summed E-state index contributed by atoms with van der Waals surface area (Å²) in [6.45, 7) is 3.63. The zero-order chi connectivity index (χ0) is 15.6. The Labute approximate surface area is 121 Å².